The summed E-state index contributed by atoms with van der Waals surface area (Å²) in [7, 11) is 0. The second-order valence-corrected chi connectivity index (χ2v) is 4.39. The molecule has 0 N–H and O–H groups in total. The van der Waals surface area contributed by atoms with Crippen LogP contribution in [0.25, 0.3) is 0 Å². The summed E-state index contributed by atoms with van der Waals surface area (Å²) < 4.78 is 121. The van der Waals surface area contributed by atoms with E-state index in [1.54, 1.807) is 0 Å². The van der Waals surface area contributed by atoms with Crippen LogP contribution in [-0.2, 0) is 18.3 Å². The van der Waals surface area contributed by atoms with E-state index in [0.29, 0.717) is 0 Å². The Morgan fingerprint density at radius 1 is 0.762 bits per heavy atom. The molecule has 1 aromatic carbocycles. The first-order valence-electron chi connectivity index (χ1n) is 5.37. The zero-order chi connectivity index (χ0) is 16.4. The number of hydrogen-bond donors (Lipinski definition) is 0. The zero-order valence-electron chi connectivity index (χ0n) is 9.89. The summed E-state index contributed by atoms with van der Waals surface area (Å²) in [6.45, 7) is 3.02. The third kappa shape index (κ3) is 1.60. The first-order chi connectivity index (χ1) is 9.42. The topological polar surface area (TPSA) is 0 Å². The van der Waals surface area contributed by atoms with Gasteiger partial charge in [0.1, 0.15) is 5.82 Å². The van der Waals surface area contributed by atoms with Crippen LogP contribution in [0.5, 0.6) is 0 Å². The molecule has 0 fully saturated rings. The van der Waals surface area contributed by atoms with Crippen molar-refractivity contribution in [3.63, 3.8) is 0 Å². The van der Waals surface area contributed by atoms with Crippen molar-refractivity contribution < 1.29 is 39.5 Å². The molecule has 0 saturated heterocycles. The molecule has 0 aromatic heterocycles. The number of alkyl halides is 6. The van der Waals surface area contributed by atoms with Crippen molar-refractivity contribution in [2.75, 3.05) is 0 Å². The van der Waals surface area contributed by atoms with Crippen molar-refractivity contribution in [2.24, 2.45) is 0 Å². The fraction of sp³-hybridized carbons (Fsp3) is 0.333. The van der Waals surface area contributed by atoms with Gasteiger partial charge in [-0.3, -0.25) is 0 Å². The van der Waals surface area contributed by atoms with Crippen LogP contribution >= 0.6 is 0 Å². The summed E-state index contributed by atoms with van der Waals surface area (Å²) in [5.41, 5.74) is -6.54. The third-order valence-electron chi connectivity index (χ3n) is 3.18. The summed E-state index contributed by atoms with van der Waals surface area (Å²) >= 11 is 0. The average molecular weight is 320 g/mol. The minimum absolute atomic E-state index is 0.775. The van der Waals surface area contributed by atoms with Gasteiger partial charge in [-0.15, -0.1) is 6.58 Å². The Morgan fingerprint density at radius 2 is 1.19 bits per heavy atom. The highest BCUT2D eigenvalue weighted by Gasteiger charge is 2.81. The molecule has 1 aliphatic rings. The van der Waals surface area contributed by atoms with E-state index >= 15 is 0 Å². The van der Waals surface area contributed by atoms with Crippen LogP contribution in [0.1, 0.15) is 16.7 Å². The van der Waals surface area contributed by atoms with Crippen LogP contribution in [0.2, 0.25) is 0 Å². The highest BCUT2D eigenvalue weighted by molar-refractivity contribution is 5.49. The Bertz CT molecular complexity index is 630. The van der Waals surface area contributed by atoms with Crippen molar-refractivity contribution in [2.45, 2.75) is 24.2 Å². The second kappa shape index (κ2) is 4.17. The zero-order valence-corrected chi connectivity index (χ0v) is 9.89. The maximum atomic E-state index is 13.8. The van der Waals surface area contributed by atoms with Gasteiger partial charge in [-0.1, -0.05) is 6.08 Å². The Hall–Kier alpha value is -1.67. The molecule has 0 saturated carbocycles. The van der Waals surface area contributed by atoms with Gasteiger partial charge in [-0.05, 0) is 6.42 Å². The second-order valence-electron chi connectivity index (χ2n) is 4.39. The maximum Gasteiger partial charge on any atom is 0.380 e. The van der Waals surface area contributed by atoms with E-state index in [1.807, 2.05) is 0 Å². The molecule has 2 rings (SSSR count). The monoisotopic (exact) mass is 320 g/mol. The first-order valence-corrected chi connectivity index (χ1v) is 5.37. The molecular formula is C12H5F9. The highest BCUT2D eigenvalue weighted by atomic mass is 19.3. The lowest BCUT2D eigenvalue weighted by molar-refractivity contribution is -0.303. The maximum absolute atomic E-state index is 13.8. The van der Waals surface area contributed by atoms with Crippen molar-refractivity contribution in [1.82, 2.24) is 0 Å². The molecule has 9 heteroatoms. The van der Waals surface area contributed by atoms with E-state index in [-0.39, 0.29) is 0 Å². The number of fused-ring (bicyclic) bond motifs is 1. The third-order valence-corrected chi connectivity index (χ3v) is 3.18. The molecule has 21 heavy (non-hydrogen) atoms. The van der Waals surface area contributed by atoms with Gasteiger partial charge in [-0.2, -0.15) is 26.3 Å². The quantitative estimate of drug-likeness (QED) is 0.422. The van der Waals surface area contributed by atoms with Crippen LogP contribution < -0.4 is 0 Å². The van der Waals surface area contributed by atoms with Gasteiger partial charge >= 0.3 is 17.8 Å². The number of hydrogen-bond acceptors (Lipinski definition) is 0. The number of halogens is 9. The Morgan fingerprint density at radius 3 is 1.62 bits per heavy atom. The van der Waals surface area contributed by atoms with Crippen LogP contribution in [0.15, 0.2) is 12.7 Å². The molecule has 0 unspecified atom stereocenters. The summed E-state index contributed by atoms with van der Waals surface area (Å²) in [6.07, 6.45) is -0.0637. The molecule has 116 valence electrons. The van der Waals surface area contributed by atoms with Gasteiger partial charge in [0.05, 0.1) is 11.1 Å². The molecule has 0 nitrogen and oxygen atoms in total. The molecular weight excluding hydrogens is 315 g/mol. The van der Waals surface area contributed by atoms with E-state index in [2.05, 4.69) is 6.58 Å². The highest BCUT2D eigenvalue weighted by Crippen LogP contribution is 2.64. The standard InChI is InChI=1S/C12H5F9/c1-2-3-4-7(13)5-6(9(15)8(4)14)11(18,19)12(20,21)10(5,16)17/h2H,1,3H2. The number of allylic oxidation sites excluding steroid dienone is 1. The van der Waals surface area contributed by atoms with E-state index in [0.717, 1.165) is 6.08 Å². The van der Waals surface area contributed by atoms with Crippen molar-refractivity contribution in [3.8, 4) is 0 Å². The largest absolute Gasteiger partial charge is 0.380 e. The SMILES string of the molecule is C=CCc1c(F)c(F)c2c(c1F)C(F)(F)C(F)(F)C2(F)F. The molecule has 0 aliphatic heterocycles. The molecule has 0 heterocycles. The molecule has 0 atom stereocenters. The van der Waals surface area contributed by atoms with E-state index < -0.39 is 58.3 Å². The minimum atomic E-state index is -6.08. The molecule has 0 bridgehead atoms. The summed E-state index contributed by atoms with van der Waals surface area (Å²) in [5, 5.41) is 0. The smallest absolute Gasteiger partial charge is 0.206 e. The summed E-state index contributed by atoms with van der Waals surface area (Å²) in [5.74, 6) is -24.7. The average Bonchev–Trinajstić information content (AvgIpc) is 2.47. The van der Waals surface area contributed by atoms with Crippen LogP contribution in [0, 0.1) is 17.5 Å². The Labute approximate surface area is 111 Å². The van der Waals surface area contributed by atoms with Gasteiger partial charge in [0, 0.05) is 5.56 Å². The van der Waals surface area contributed by atoms with Crippen molar-refractivity contribution in [1.29, 1.82) is 0 Å². The Balaban J connectivity index is 2.98. The van der Waals surface area contributed by atoms with Gasteiger partial charge in [0.2, 0.25) is 0 Å². The minimum Gasteiger partial charge on any atom is -0.206 e. The molecule has 1 aromatic rings. The Kier molecular flexibility index (Phi) is 3.12. The fourth-order valence-electron chi connectivity index (χ4n) is 2.13. The lowest BCUT2D eigenvalue weighted by Crippen LogP contribution is -2.43. The van der Waals surface area contributed by atoms with Crippen molar-refractivity contribution >= 4 is 0 Å². The van der Waals surface area contributed by atoms with Crippen LogP contribution in [0.3, 0.4) is 0 Å². The predicted molar refractivity (Wildman–Crippen MR) is 53.0 cm³/mol. The van der Waals surface area contributed by atoms with Gasteiger partial charge < -0.3 is 0 Å². The lowest BCUT2D eigenvalue weighted by atomic mass is 9.99. The number of benzene rings is 1. The van der Waals surface area contributed by atoms with Gasteiger partial charge in [-0.25, -0.2) is 13.2 Å². The van der Waals surface area contributed by atoms with Crippen LogP contribution in [-0.4, -0.2) is 5.92 Å². The molecule has 0 radical (unpaired) electrons. The van der Waals surface area contributed by atoms with E-state index in [9.17, 15) is 39.5 Å². The number of rotatable bonds is 2. The molecule has 0 amide bonds. The molecule has 1 aliphatic carbocycles. The van der Waals surface area contributed by atoms with E-state index in [1.165, 1.54) is 0 Å². The van der Waals surface area contributed by atoms with Crippen LogP contribution in [0.4, 0.5) is 39.5 Å². The first kappa shape index (κ1) is 15.7. The van der Waals surface area contributed by atoms with Gasteiger partial charge in [0.25, 0.3) is 0 Å². The normalized spacial score (nSPS) is 21.2. The van der Waals surface area contributed by atoms with Crippen molar-refractivity contribution in [3.05, 3.63) is 46.8 Å². The van der Waals surface area contributed by atoms with Gasteiger partial charge in [0.15, 0.2) is 11.6 Å². The summed E-state index contributed by atoms with van der Waals surface area (Å²) in [4.78, 5) is 0. The lowest BCUT2D eigenvalue weighted by Gasteiger charge is -2.23. The predicted octanol–water partition coefficient (Wildman–Crippen LogP) is 4.66. The van der Waals surface area contributed by atoms with E-state index in [4.69, 9.17) is 0 Å². The molecule has 0 spiro atoms. The fourth-order valence-corrected chi connectivity index (χ4v) is 2.13. The summed E-state index contributed by atoms with van der Waals surface area (Å²) in [6, 6.07) is 0.